The van der Waals surface area contributed by atoms with Gasteiger partial charge in [0.05, 0.1) is 11.7 Å². The molecule has 1 aromatic rings. The molecule has 0 fully saturated rings. The Bertz CT molecular complexity index is 271. The number of hydrogen-bond donors (Lipinski definition) is 2. The fourth-order valence-corrected chi connectivity index (χ4v) is 1.37. The Labute approximate surface area is 79.1 Å². The lowest BCUT2D eigenvalue weighted by Gasteiger charge is -2.28. The maximum Gasteiger partial charge on any atom is 0.0812 e. The summed E-state index contributed by atoms with van der Waals surface area (Å²) in [5.41, 5.74) is 3.85. The summed E-state index contributed by atoms with van der Waals surface area (Å²) >= 11 is 0. The van der Waals surface area contributed by atoms with Crippen molar-refractivity contribution >= 4 is 0 Å². The van der Waals surface area contributed by atoms with Gasteiger partial charge in [-0.05, 0) is 11.5 Å². The Morgan fingerprint density at radius 2 is 2.15 bits per heavy atom. The second kappa shape index (κ2) is 3.47. The molecule has 1 rings (SSSR count). The van der Waals surface area contributed by atoms with Crippen LogP contribution in [-0.2, 0) is 7.05 Å². The van der Waals surface area contributed by atoms with E-state index in [1.807, 2.05) is 19.3 Å². The van der Waals surface area contributed by atoms with Gasteiger partial charge in [-0.15, -0.1) is 0 Å². The number of aryl methyl sites for hydroxylation is 1. The number of aromatic nitrogens is 2. The van der Waals surface area contributed by atoms with Gasteiger partial charge in [-0.2, -0.15) is 5.10 Å². The maximum absolute atomic E-state index is 5.50. The van der Waals surface area contributed by atoms with Gasteiger partial charge in [0.2, 0.25) is 0 Å². The van der Waals surface area contributed by atoms with Crippen LogP contribution in [0.4, 0.5) is 0 Å². The average molecular weight is 182 g/mol. The Kier molecular flexibility index (Phi) is 2.73. The van der Waals surface area contributed by atoms with Crippen molar-refractivity contribution in [1.82, 2.24) is 15.2 Å². The molecule has 1 heterocycles. The zero-order valence-electron chi connectivity index (χ0n) is 8.70. The van der Waals surface area contributed by atoms with Crippen molar-refractivity contribution in [1.29, 1.82) is 0 Å². The average Bonchev–Trinajstić information content (AvgIpc) is 2.34. The highest BCUT2D eigenvalue weighted by Gasteiger charge is 2.26. The van der Waals surface area contributed by atoms with Gasteiger partial charge >= 0.3 is 0 Å². The molecule has 0 amide bonds. The van der Waals surface area contributed by atoms with Gasteiger partial charge in [-0.1, -0.05) is 20.8 Å². The lowest BCUT2D eigenvalue weighted by atomic mass is 9.85. The van der Waals surface area contributed by atoms with E-state index in [-0.39, 0.29) is 11.5 Å². The van der Waals surface area contributed by atoms with Crippen LogP contribution in [0.25, 0.3) is 0 Å². The summed E-state index contributed by atoms with van der Waals surface area (Å²) in [6.45, 7) is 6.39. The standard InChI is InChI=1S/C9H18N4/c1-9(2,3)8(11-10)7-5-6-13(4)12-7/h5-6,8,11H,10H2,1-4H3. The summed E-state index contributed by atoms with van der Waals surface area (Å²) < 4.78 is 1.78. The van der Waals surface area contributed by atoms with Crippen molar-refractivity contribution < 1.29 is 0 Å². The first-order chi connectivity index (χ1) is 5.95. The summed E-state index contributed by atoms with van der Waals surface area (Å²) in [6.07, 6.45) is 1.92. The van der Waals surface area contributed by atoms with Crippen molar-refractivity contribution in [3.8, 4) is 0 Å². The lowest BCUT2D eigenvalue weighted by Crippen LogP contribution is -2.37. The van der Waals surface area contributed by atoms with Crippen LogP contribution in [0.3, 0.4) is 0 Å². The molecule has 0 aliphatic carbocycles. The molecular weight excluding hydrogens is 164 g/mol. The van der Waals surface area contributed by atoms with Crippen LogP contribution >= 0.6 is 0 Å². The van der Waals surface area contributed by atoms with Crippen LogP contribution in [0, 0.1) is 5.41 Å². The highest BCUT2D eigenvalue weighted by atomic mass is 15.3. The van der Waals surface area contributed by atoms with E-state index in [1.54, 1.807) is 4.68 Å². The smallest absolute Gasteiger partial charge is 0.0812 e. The number of nitrogens with two attached hydrogens (primary N) is 1. The molecule has 0 saturated heterocycles. The molecule has 4 heteroatoms. The molecule has 0 spiro atoms. The fraction of sp³-hybridized carbons (Fsp3) is 0.667. The van der Waals surface area contributed by atoms with Crippen molar-refractivity contribution in [2.75, 3.05) is 0 Å². The minimum absolute atomic E-state index is 0.0725. The molecule has 0 saturated carbocycles. The molecule has 0 radical (unpaired) electrons. The predicted octanol–water partition coefficient (Wildman–Crippen LogP) is 0.971. The van der Waals surface area contributed by atoms with Gasteiger partial charge in [0, 0.05) is 13.2 Å². The van der Waals surface area contributed by atoms with Crippen LogP contribution in [-0.4, -0.2) is 9.78 Å². The van der Waals surface area contributed by atoms with Crippen LogP contribution in [0.5, 0.6) is 0 Å². The Morgan fingerprint density at radius 3 is 2.46 bits per heavy atom. The fourth-order valence-electron chi connectivity index (χ4n) is 1.37. The van der Waals surface area contributed by atoms with Crippen LogP contribution in [0.2, 0.25) is 0 Å². The largest absolute Gasteiger partial charge is 0.275 e. The van der Waals surface area contributed by atoms with E-state index in [4.69, 9.17) is 5.84 Å². The van der Waals surface area contributed by atoms with Crippen molar-refractivity contribution in [2.24, 2.45) is 18.3 Å². The third kappa shape index (κ3) is 2.29. The second-order valence-electron chi connectivity index (χ2n) is 4.38. The monoisotopic (exact) mass is 182 g/mol. The first kappa shape index (κ1) is 10.2. The van der Waals surface area contributed by atoms with E-state index in [1.165, 1.54) is 0 Å². The maximum atomic E-state index is 5.50. The highest BCUT2D eigenvalue weighted by Crippen LogP contribution is 2.30. The predicted molar refractivity (Wildman–Crippen MR) is 52.7 cm³/mol. The summed E-state index contributed by atoms with van der Waals surface area (Å²) in [5.74, 6) is 5.50. The third-order valence-electron chi connectivity index (χ3n) is 2.06. The molecule has 0 aliphatic rings. The van der Waals surface area contributed by atoms with Gasteiger partial charge in [-0.25, -0.2) is 0 Å². The lowest BCUT2D eigenvalue weighted by molar-refractivity contribution is 0.269. The van der Waals surface area contributed by atoms with E-state index in [2.05, 4.69) is 31.3 Å². The quantitative estimate of drug-likeness (QED) is 0.529. The van der Waals surface area contributed by atoms with Crippen molar-refractivity contribution in [3.05, 3.63) is 18.0 Å². The minimum Gasteiger partial charge on any atom is -0.275 e. The van der Waals surface area contributed by atoms with E-state index < -0.39 is 0 Å². The number of hydrazine groups is 1. The van der Waals surface area contributed by atoms with Gasteiger partial charge in [0.25, 0.3) is 0 Å². The van der Waals surface area contributed by atoms with Crippen molar-refractivity contribution in [2.45, 2.75) is 26.8 Å². The van der Waals surface area contributed by atoms with Crippen LogP contribution in [0.1, 0.15) is 32.5 Å². The van der Waals surface area contributed by atoms with Gasteiger partial charge in [-0.3, -0.25) is 16.0 Å². The SMILES string of the molecule is Cn1ccc(C(NN)C(C)(C)C)n1. The van der Waals surface area contributed by atoms with E-state index in [0.717, 1.165) is 5.69 Å². The Morgan fingerprint density at radius 1 is 1.54 bits per heavy atom. The zero-order chi connectivity index (χ0) is 10.1. The summed E-state index contributed by atoms with van der Waals surface area (Å²) in [5, 5.41) is 4.32. The molecular formula is C9H18N4. The van der Waals surface area contributed by atoms with E-state index in [9.17, 15) is 0 Å². The van der Waals surface area contributed by atoms with E-state index in [0.29, 0.717) is 0 Å². The number of nitrogens with one attached hydrogen (secondary N) is 1. The van der Waals surface area contributed by atoms with Crippen LogP contribution < -0.4 is 11.3 Å². The molecule has 0 aromatic carbocycles. The normalized spacial score (nSPS) is 14.5. The van der Waals surface area contributed by atoms with Crippen LogP contribution in [0.15, 0.2) is 12.3 Å². The number of rotatable bonds is 2. The summed E-state index contributed by atoms with van der Waals surface area (Å²) in [4.78, 5) is 0. The molecule has 1 unspecified atom stereocenters. The molecule has 13 heavy (non-hydrogen) atoms. The molecule has 0 aliphatic heterocycles. The molecule has 3 N–H and O–H groups in total. The number of hydrogen-bond acceptors (Lipinski definition) is 3. The third-order valence-corrected chi connectivity index (χ3v) is 2.06. The van der Waals surface area contributed by atoms with Crippen molar-refractivity contribution in [3.63, 3.8) is 0 Å². The molecule has 4 nitrogen and oxygen atoms in total. The minimum atomic E-state index is 0.0725. The van der Waals surface area contributed by atoms with Gasteiger partial charge in [0.15, 0.2) is 0 Å². The molecule has 0 bridgehead atoms. The number of nitrogens with zero attached hydrogens (tertiary/aromatic N) is 2. The molecule has 1 atom stereocenters. The topological polar surface area (TPSA) is 55.9 Å². The second-order valence-corrected chi connectivity index (χ2v) is 4.38. The molecule has 74 valence electrons. The Hall–Kier alpha value is -0.870. The summed E-state index contributed by atoms with van der Waals surface area (Å²) in [6, 6.07) is 2.07. The first-order valence-corrected chi connectivity index (χ1v) is 4.41. The van der Waals surface area contributed by atoms with Gasteiger partial charge in [0.1, 0.15) is 0 Å². The van der Waals surface area contributed by atoms with Gasteiger partial charge < -0.3 is 0 Å². The molecule has 1 aromatic heterocycles. The zero-order valence-corrected chi connectivity index (χ0v) is 8.70. The first-order valence-electron chi connectivity index (χ1n) is 4.41. The summed E-state index contributed by atoms with van der Waals surface area (Å²) in [7, 11) is 1.90. The van der Waals surface area contributed by atoms with E-state index >= 15 is 0 Å². The Balaban J connectivity index is 2.91. The highest BCUT2D eigenvalue weighted by molar-refractivity contribution is 5.08.